The van der Waals surface area contributed by atoms with Gasteiger partial charge in [0.05, 0.1) is 0 Å². The number of halogens is 1. The molecule has 3 nitrogen and oxygen atoms in total. The number of hydrogen-bond acceptors (Lipinski definition) is 2. The molecule has 2 aromatic rings. The van der Waals surface area contributed by atoms with Crippen molar-refractivity contribution < 1.29 is 4.79 Å². The zero-order chi connectivity index (χ0) is 14.8. The first-order valence-electron chi connectivity index (χ1n) is 7.36. The summed E-state index contributed by atoms with van der Waals surface area (Å²) in [5.74, 6) is 0.499. The van der Waals surface area contributed by atoms with Crippen LogP contribution in [0.2, 0.25) is 0 Å². The standard InChI is InChI=1S/C18H20N2O.ClH/c1-13-10-16(14-6-3-2-4-7-14)12-20(13)18(21)15-8-5-9-17(19)11-15;/h2-9,11,13,16H,10,12,19H2,1H3;1H. The number of nitrogens with two attached hydrogens (primary N) is 1. The van der Waals surface area contributed by atoms with Crippen molar-refractivity contribution in [1.29, 1.82) is 0 Å². The average Bonchev–Trinajstić information content (AvgIpc) is 2.89. The van der Waals surface area contributed by atoms with Crippen molar-refractivity contribution >= 4 is 24.0 Å². The number of benzene rings is 2. The second-order valence-electron chi connectivity index (χ2n) is 5.78. The molecular weight excluding hydrogens is 296 g/mol. The predicted octanol–water partition coefficient (Wildman–Crippen LogP) is 3.71. The first-order chi connectivity index (χ1) is 10.1. The molecule has 3 rings (SSSR count). The molecule has 4 heteroatoms. The third-order valence-electron chi connectivity index (χ3n) is 4.24. The fraction of sp³-hybridized carbons (Fsp3) is 0.278. The van der Waals surface area contributed by atoms with Gasteiger partial charge < -0.3 is 10.6 Å². The third-order valence-corrected chi connectivity index (χ3v) is 4.24. The van der Waals surface area contributed by atoms with Crippen LogP contribution in [0.4, 0.5) is 5.69 Å². The second-order valence-corrected chi connectivity index (χ2v) is 5.78. The number of nitrogens with zero attached hydrogens (tertiary/aromatic N) is 1. The first kappa shape index (κ1) is 16.4. The van der Waals surface area contributed by atoms with E-state index in [2.05, 4.69) is 31.2 Å². The summed E-state index contributed by atoms with van der Waals surface area (Å²) in [6, 6.07) is 17.9. The van der Waals surface area contributed by atoms with Crippen LogP contribution >= 0.6 is 12.4 Å². The summed E-state index contributed by atoms with van der Waals surface area (Å²) in [7, 11) is 0. The Morgan fingerprint density at radius 3 is 2.55 bits per heavy atom. The summed E-state index contributed by atoms with van der Waals surface area (Å²) >= 11 is 0. The molecule has 2 aromatic carbocycles. The van der Waals surface area contributed by atoms with Crippen molar-refractivity contribution in [1.82, 2.24) is 4.90 Å². The fourth-order valence-corrected chi connectivity index (χ4v) is 3.12. The highest BCUT2D eigenvalue weighted by Gasteiger charge is 2.33. The highest BCUT2D eigenvalue weighted by atomic mass is 35.5. The number of nitrogen functional groups attached to an aromatic ring is 1. The summed E-state index contributed by atoms with van der Waals surface area (Å²) < 4.78 is 0. The van der Waals surface area contributed by atoms with Crippen LogP contribution in [0.1, 0.15) is 35.2 Å². The lowest BCUT2D eigenvalue weighted by molar-refractivity contribution is 0.0746. The fourth-order valence-electron chi connectivity index (χ4n) is 3.12. The molecule has 1 aliphatic rings. The van der Waals surface area contributed by atoms with E-state index in [4.69, 9.17) is 5.73 Å². The molecule has 0 spiro atoms. The van der Waals surface area contributed by atoms with Crippen molar-refractivity contribution in [3.8, 4) is 0 Å². The lowest BCUT2D eigenvalue weighted by atomic mass is 9.97. The SMILES string of the molecule is CC1CC(c2ccccc2)CN1C(=O)c1cccc(N)c1.Cl. The van der Waals surface area contributed by atoms with Crippen molar-refractivity contribution in [2.45, 2.75) is 25.3 Å². The highest BCUT2D eigenvalue weighted by Crippen LogP contribution is 2.32. The first-order valence-corrected chi connectivity index (χ1v) is 7.36. The van der Waals surface area contributed by atoms with E-state index in [1.54, 1.807) is 12.1 Å². The van der Waals surface area contributed by atoms with Gasteiger partial charge >= 0.3 is 0 Å². The van der Waals surface area contributed by atoms with Crippen LogP contribution in [0.5, 0.6) is 0 Å². The molecule has 2 atom stereocenters. The summed E-state index contributed by atoms with van der Waals surface area (Å²) in [5.41, 5.74) is 8.40. The van der Waals surface area contributed by atoms with Crippen molar-refractivity contribution in [2.75, 3.05) is 12.3 Å². The maximum atomic E-state index is 12.7. The summed E-state index contributed by atoms with van der Waals surface area (Å²) in [4.78, 5) is 14.6. The van der Waals surface area contributed by atoms with E-state index in [9.17, 15) is 4.79 Å². The molecule has 0 radical (unpaired) electrons. The molecule has 2 unspecified atom stereocenters. The number of rotatable bonds is 2. The summed E-state index contributed by atoms with van der Waals surface area (Å²) in [6.45, 7) is 2.89. The van der Waals surface area contributed by atoms with Crippen LogP contribution < -0.4 is 5.73 Å². The maximum absolute atomic E-state index is 12.7. The van der Waals surface area contributed by atoms with Crippen LogP contribution in [0.25, 0.3) is 0 Å². The van der Waals surface area contributed by atoms with E-state index in [-0.39, 0.29) is 24.4 Å². The summed E-state index contributed by atoms with van der Waals surface area (Å²) in [6.07, 6.45) is 1.01. The Morgan fingerprint density at radius 1 is 1.14 bits per heavy atom. The van der Waals surface area contributed by atoms with Gasteiger partial charge in [0.1, 0.15) is 0 Å². The molecule has 0 aromatic heterocycles. The molecule has 0 aliphatic carbocycles. The van der Waals surface area contributed by atoms with Crippen LogP contribution in [0.3, 0.4) is 0 Å². The van der Waals surface area contributed by atoms with Gasteiger partial charge in [0.25, 0.3) is 5.91 Å². The van der Waals surface area contributed by atoms with Crippen LogP contribution in [-0.2, 0) is 0 Å². The number of amides is 1. The number of anilines is 1. The zero-order valence-electron chi connectivity index (χ0n) is 12.6. The van der Waals surface area contributed by atoms with E-state index in [0.717, 1.165) is 13.0 Å². The largest absolute Gasteiger partial charge is 0.399 e. The summed E-state index contributed by atoms with van der Waals surface area (Å²) in [5, 5.41) is 0. The molecule has 1 heterocycles. The Bertz CT molecular complexity index is 645. The minimum absolute atomic E-state index is 0. The molecule has 1 aliphatic heterocycles. The lowest BCUT2D eigenvalue weighted by Gasteiger charge is -2.21. The van der Waals surface area contributed by atoms with Crippen molar-refractivity contribution in [3.05, 3.63) is 65.7 Å². The lowest BCUT2D eigenvalue weighted by Crippen LogP contribution is -2.33. The Labute approximate surface area is 137 Å². The Balaban J connectivity index is 0.00000176. The van der Waals surface area contributed by atoms with Crippen LogP contribution in [0, 0.1) is 0 Å². The Hall–Kier alpha value is -2.00. The molecular formula is C18H21ClN2O. The maximum Gasteiger partial charge on any atom is 0.254 e. The van der Waals surface area contributed by atoms with Gasteiger partial charge in [-0.25, -0.2) is 0 Å². The van der Waals surface area contributed by atoms with Gasteiger partial charge in [-0.2, -0.15) is 0 Å². The molecule has 1 saturated heterocycles. The van der Waals surface area contributed by atoms with Crippen molar-refractivity contribution in [3.63, 3.8) is 0 Å². The van der Waals surface area contributed by atoms with E-state index in [0.29, 0.717) is 17.2 Å². The van der Waals surface area contributed by atoms with E-state index < -0.39 is 0 Å². The van der Waals surface area contributed by atoms with E-state index in [1.165, 1.54) is 5.56 Å². The quantitative estimate of drug-likeness (QED) is 0.859. The molecule has 1 fully saturated rings. The Kier molecular flexibility index (Phi) is 5.09. The molecule has 22 heavy (non-hydrogen) atoms. The van der Waals surface area contributed by atoms with Gasteiger partial charge in [-0.3, -0.25) is 4.79 Å². The highest BCUT2D eigenvalue weighted by molar-refractivity contribution is 5.95. The predicted molar refractivity (Wildman–Crippen MR) is 92.4 cm³/mol. The van der Waals surface area contributed by atoms with Gasteiger partial charge in [-0.15, -0.1) is 12.4 Å². The zero-order valence-corrected chi connectivity index (χ0v) is 13.4. The second kappa shape index (κ2) is 6.84. The van der Waals surface area contributed by atoms with Gasteiger partial charge in [-0.05, 0) is 37.1 Å². The molecule has 0 saturated carbocycles. The van der Waals surface area contributed by atoms with E-state index >= 15 is 0 Å². The van der Waals surface area contributed by atoms with Gasteiger partial charge in [-0.1, -0.05) is 36.4 Å². The minimum Gasteiger partial charge on any atom is -0.399 e. The van der Waals surface area contributed by atoms with Crippen LogP contribution in [0.15, 0.2) is 54.6 Å². The smallest absolute Gasteiger partial charge is 0.254 e. The number of carbonyl (C=O) groups excluding carboxylic acids is 1. The Morgan fingerprint density at radius 2 is 1.86 bits per heavy atom. The topological polar surface area (TPSA) is 46.3 Å². The minimum atomic E-state index is 0. The normalized spacial score (nSPS) is 20.5. The van der Waals surface area contributed by atoms with Crippen LogP contribution in [-0.4, -0.2) is 23.4 Å². The van der Waals surface area contributed by atoms with Gasteiger partial charge in [0, 0.05) is 29.8 Å². The number of hydrogen-bond donors (Lipinski definition) is 1. The number of likely N-dealkylation sites (tertiary alicyclic amines) is 1. The van der Waals surface area contributed by atoms with Gasteiger partial charge in [0.15, 0.2) is 0 Å². The van der Waals surface area contributed by atoms with E-state index in [1.807, 2.05) is 23.1 Å². The van der Waals surface area contributed by atoms with Gasteiger partial charge in [0.2, 0.25) is 0 Å². The van der Waals surface area contributed by atoms with Crippen molar-refractivity contribution in [2.24, 2.45) is 0 Å². The molecule has 1 amide bonds. The third kappa shape index (κ3) is 3.25. The average molecular weight is 317 g/mol. The molecule has 0 bridgehead atoms. The molecule has 116 valence electrons. The molecule has 2 N–H and O–H groups in total. The monoisotopic (exact) mass is 316 g/mol. The number of carbonyl (C=O) groups is 1.